The highest BCUT2D eigenvalue weighted by Gasteiger charge is 2.06. The van der Waals surface area contributed by atoms with Crippen LogP contribution in [0.3, 0.4) is 0 Å². The lowest BCUT2D eigenvalue weighted by molar-refractivity contribution is 0.302. The van der Waals surface area contributed by atoms with Gasteiger partial charge in [-0.15, -0.1) is 0 Å². The second-order valence-corrected chi connectivity index (χ2v) is 6.81. The van der Waals surface area contributed by atoms with Crippen molar-refractivity contribution in [2.24, 2.45) is 0 Å². The molecule has 0 aliphatic heterocycles. The predicted molar refractivity (Wildman–Crippen MR) is 106 cm³/mol. The molecule has 0 bridgehead atoms. The predicted octanol–water partition coefficient (Wildman–Crippen LogP) is 4.95. The minimum absolute atomic E-state index is 0.410. The number of imidazole rings is 1. The molecule has 0 amide bonds. The van der Waals surface area contributed by atoms with E-state index in [1.54, 1.807) is 12.3 Å². The molecular formula is C20H21Cl2N3O. The number of aryl methyl sites for hydroxylation is 1. The molecule has 0 spiro atoms. The van der Waals surface area contributed by atoms with Crippen LogP contribution in [0.2, 0.25) is 10.0 Å². The number of aromatic nitrogens is 2. The number of hydrogen-bond acceptors (Lipinski definition) is 3. The van der Waals surface area contributed by atoms with Crippen molar-refractivity contribution in [1.29, 1.82) is 0 Å². The van der Waals surface area contributed by atoms with Crippen molar-refractivity contribution >= 4 is 23.2 Å². The Hall–Kier alpha value is -2.01. The van der Waals surface area contributed by atoms with E-state index in [2.05, 4.69) is 20.9 Å². The van der Waals surface area contributed by atoms with Crippen molar-refractivity contribution in [3.63, 3.8) is 0 Å². The molecule has 1 heterocycles. The minimum atomic E-state index is 0.410. The Morgan fingerprint density at radius 1 is 1.08 bits per heavy atom. The first-order valence-electron chi connectivity index (χ1n) is 8.53. The molecule has 0 saturated carbocycles. The molecule has 3 rings (SSSR count). The molecule has 0 radical (unpaired) electrons. The zero-order chi connectivity index (χ0) is 18.2. The summed E-state index contributed by atoms with van der Waals surface area (Å²) < 4.78 is 8.06. The summed E-state index contributed by atoms with van der Waals surface area (Å²) in [6.07, 6.45) is 6.66. The molecule has 0 aliphatic carbocycles. The number of para-hydroxylation sites is 1. The van der Waals surface area contributed by atoms with Crippen LogP contribution in [0.1, 0.15) is 17.5 Å². The average molecular weight is 390 g/mol. The number of ether oxygens (including phenoxy) is 1. The lowest BCUT2D eigenvalue weighted by atomic mass is 10.2. The zero-order valence-electron chi connectivity index (χ0n) is 14.4. The van der Waals surface area contributed by atoms with Crippen molar-refractivity contribution in [3.05, 3.63) is 82.4 Å². The molecule has 1 N–H and O–H groups in total. The van der Waals surface area contributed by atoms with E-state index in [9.17, 15) is 0 Å². The van der Waals surface area contributed by atoms with Gasteiger partial charge in [-0.3, -0.25) is 0 Å². The summed E-state index contributed by atoms with van der Waals surface area (Å²) in [5, 5.41) is 4.71. The largest absolute Gasteiger partial charge is 0.489 e. The monoisotopic (exact) mass is 389 g/mol. The summed E-state index contributed by atoms with van der Waals surface area (Å²) in [7, 11) is 0. The number of nitrogens with one attached hydrogen (secondary N) is 1. The Balaban J connectivity index is 1.49. The molecule has 0 aliphatic rings. The first-order chi connectivity index (χ1) is 12.7. The Morgan fingerprint density at radius 3 is 2.77 bits per heavy atom. The third-order valence-corrected chi connectivity index (χ3v) is 4.60. The summed E-state index contributed by atoms with van der Waals surface area (Å²) >= 11 is 12.1. The van der Waals surface area contributed by atoms with Crippen LogP contribution in [-0.2, 0) is 19.7 Å². The number of nitrogens with zero attached hydrogens (tertiary/aromatic N) is 2. The molecule has 3 aromatic rings. The standard InChI is InChI=1S/C20H21Cl2N3O/c21-18-7-6-17(19(22)12-18)14-26-20-5-2-1-4-16(20)13-23-8-3-10-25-11-9-24-15-25/h1-2,4-7,9,11-12,15,23H,3,8,10,13-14H2. The fourth-order valence-corrected chi connectivity index (χ4v) is 3.08. The van der Waals surface area contributed by atoms with Gasteiger partial charge in [-0.05, 0) is 31.2 Å². The van der Waals surface area contributed by atoms with E-state index in [-0.39, 0.29) is 0 Å². The van der Waals surface area contributed by atoms with Crippen LogP contribution in [0.5, 0.6) is 5.75 Å². The van der Waals surface area contributed by atoms with E-state index in [0.29, 0.717) is 16.7 Å². The quantitative estimate of drug-likeness (QED) is 0.526. The van der Waals surface area contributed by atoms with Crippen molar-refractivity contribution in [3.8, 4) is 5.75 Å². The van der Waals surface area contributed by atoms with Crippen LogP contribution in [-0.4, -0.2) is 16.1 Å². The van der Waals surface area contributed by atoms with E-state index < -0.39 is 0 Å². The van der Waals surface area contributed by atoms with Gasteiger partial charge in [-0.2, -0.15) is 0 Å². The number of rotatable bonds is 9. The van der Waals surface area contributed by atoms with E-state index in [1.807, 2.05) is 42.9 Å². The van der Waals surface area contributed by atoms with Gasteiger partial charge in [0.1, 0.15) is 12.4 Å². The maximum atomic E-state index is 6.21. The highest BCUT2D eigenvalue weighted by Crippen LogP contribution is 2.24. The van der Waals surface area contributed by atoms with Gasteiger partial charge in [0, 0.05) is 46.7 Å². The second-order valence-electron chi connectivity index (χ2n) is 5.96. The van der Waals surface area contributed by atoms with Crippen molar-refractivity contribution in [1.82, 2.24) is 14.9 Å². The van der Waals surface area contributed by atoms with Crippen LogP contribution in [0.4, 0.5) is 0 Å². The summed E-state index contributed by atoms with van der Waals surface area (Å²) in [6.45, 7) is 3.05. The fourth-order valence-electron chi connectivity index (χ4n) is 2.61. The summed E-state index contributed by atoms with van der Waals surface area (Å²) in [5.41, 5.74) is 2.04. The molecule has 0 atom stereocenters. The lowest BCUT2D eigenvalue weighted by Crippen LogP contribution is -2.17. The van der Waals surface area contributed by atoms with E-state index in [1.165, 1.54) is 0 Å². The maximum absolute atomic E-state index is 6.21. The Kier molecular flexibility index (Phi) is 6.95. The molecule has 6 heteroatoms. The van der Waals surface area contributed by atoms with E-state index >= 15 is 0 Å². The Bertz CT molecular complexity index is 822. The topological polar surface area (TPSA) is 39.1 Å². The van der Waals surface area contributed by atoms with Gasteiger partial charge < -0.3 is 14.6 Å². The summed E-state index contributed by atoms with van der Waals surface area (Å²) in [5.74, 6) is 0.862. The van der Waals surface area contributed by atoms with Gasteiger partial charge in [0.15, 0.2) is 0 Å². The highest BCUT2D eigenvalue weighted by atomic mass is 35.5. The molecule has 0 unspecified atom stereocenters. The lowest BCUT2D eigenvalue weighted by Gasteiger charge is -2.13. The van der Waals surface area contributed by atoms with E-state index in [4.69, 9.17) is 27.9 Å². The third-order valence-electron chi connectivity index (χ3n) is 4.02. The molecule has 0 saturated heterocycles. The smallest absolute Gasteiger partial charge is 0.124 e. The molecular weight excluding hydrogens is 369 g/mol. The minimum Gasteiger partial charge on any atom is -0.489 e. The van der Waals surface area contributed by atoms with Crippen molar-refractivity contribution < 1.29 is 4.74 Å². The maximum Gasteiger partial charge on any atom is 0.124 e. The van der Waals surface area contributed by atoms with Gasteiger partial charge in [-0.25, -0.2) is 4.98 Å². The molecule has 4 nitrogen and oxygen atoms in total. The molecule has 0 fully saturated rings. The third kappa shape index (κ3) is 5.49. The zero-order valence-corrected chi connectivity index (χ0v) is 15.9. The summed E-state index contributed by atoms with van der Waals surface area (Å²) in [6, 6.07) is 13.5. The first-order valence-corrected chi connectivity index (χ1v) is 9.29. The van der Waals surface area contributed by atoms with Crippen molar-refractivity contribution in [2.45, 2.75) is 26.1 Å². The molecule has 1 aromatic heterocycles. The van der Waals surface area contributed by atoms with Gasteiger partial charge in [0.25, 0.3) is 0 Å². The second kappa shape index (κ2) is 9.62. The number of hydrogen-bond donors (Lipinski definition) is 1. The summed E-state index contributed by atoms with van der Waals surface area (Å²) in [4.78, 5) is 4.05. The fraction of sp³-hybridized carbons (Fsp3) is 0.250. The van der Waals surface area contributed by atoms with Crippen LogP contribution < -0.4 is 10.1 Å². The van der Waals surface area contributed by atoms with Crippen LogP contribution in [0.25, 0.3) is 0 Å². The van der Waals surface area contributed by atoms with Crippen molar-refractivity contribution in [2.75, 3.05) is 6.54 Å². The first kappa shape index (κ1) is 18.8. The van der Waals surface area contributed by atoms with Crippen LogP contribution in [0.15, 0.2) is 61.2 Å². The van der Waals surface area contributed by atoms with Gasteiger partial charge in [0.05, 0.1) is 6.33 Å². The molecule has 26 heavy (non-hydrogen) atoms. The van der Waals surface area contributed by atoms with E-state index in [0.717, 1.165) is 42.9 Å². The van der Waals surface area contributed by atoms with Gasteiger partial charge in [-0.1, -0.05) is 47.5 Å². The Labute approximate surface area is 163 Å². The molecule has 2 aromatic carbocycles. The van der Waals surface area contributed by atoms with Gasteiger partial charge in [0.2, 0.25) is 0 Å². The van der Waals surface area contributed by atoms with Crippen LogP contribution >= 0.6 is 23.2 Å². The number of benzene rings is 2. The SMILES string of the molecule is Clc1ccc(COc2ccccc2CNCCCn2ccnc2)c(Cl)c1. The van der Waals surface area contributed by atoms with Gasteiger partial charge >= 0.3 is 0 Å². The molecule has 136 valence electrons. The normalized spacial score (nSPS) is 10.8. The average Bonchev–Trinajstić information content (AvgIpc) is 3.15. The van der Waals surface area contributed by atoms with Crippen LogP contribution in [0, 0.1) is 0 Å². The highest BCUT2D eigenvalue weighted by molar-refractivity contribution is 6.35. The number of halogens is 2. The Morgan fingerprint density at radius 2 is 1.96 bits per heavy atom.